The zero-order chi connectivity index (χ0) is 25.7. The number of rotatable bonds is 10. The molecule has 0 unspecified atom stereocenters. The Morgan fingerprint density at radius 2 is 1.67 bits per heavy atom. The summed E-state index contributed by atoms with van der Waals surface area (Å²) < 4.78 is 3.12. The van der Waals surface area contributed by atoms with Crippen molar-refractivity contribution in [1.29, 1.82) is 0 Å². The number of carbonyl (C=O) groups excluding carboxylic acids is 1. The van der Waals surface area contributed by atoms with E-state index in [0.29, 0.717) is 29.6 Å². The number of aromatic nitrogens is 4. The normalized spacial score (nSPS) is 15.9. The first kappa shape index (κ1) is 26.0. The molecule has 3 heterocycles. The number of carbonyl (C=O) groups is 1. The maximum Gasteiger partial charge on any atom is 0.278 e. The molecule has 1 atom stereocenters. The molecule has 0 radical (unpaired) electrons. The number of nitrogens with zero attached hydrogens (tertiary/aromatic N) is 6. The van der Waals surface area contributed by atoms with E-state index in [1.165, 1.54) is 17.6 Å². The van der Waals surface area contributed by atoms with Gasteiger partial charge in [0.15, 0.2) is 0 Å². The average molecular weight is 494 g/mol. The minimum Gasteiger partial charge on any atom is -0.354 e. The quantitative estimate of drug-likeness (QED) is 0.437. The number of hydrogen-bond donors (Lipinski definition) is 1. The van der Waals surface area contributed by atoms with Crippen molar-refractivity contribution in [2.75, 3.05) is 45.8 Å². The lowest BCUT2D eigenvalue weighted by Crippen LogP contribution is -2.47. The highest BCUT2D eigenvalue weighted by atomic mass is 16.2. The number of fused-ring (bicyclic) bond motifs is 1. The van der Waals surface area contributed by atoms with Gasteiger partial charge in [-0.2, -0.15) is 10.2 Å². The third kappa shape index (κ3) is 5.52. The average Bonchev–Trinajstić information content (AvgIpc) is 3.25. The Morgan fingerprint density at radius 3 is 2.31 bits per heavy atom. The first-order valence-corrected chi connectivity index (χ1v) is 13.2. The summed E-state index contributed by atoms with van der Waals surface area (Å²) in [5.41, 5.74) is 2.56. The maximum atomic E-state index is 13.5. The van der Waals surface area contributed by atoms with E-state index in [1.54, 1.807) is 4.68 Å². The lowest BCUT2D eigenvalue weighted by molar-refractivity contribution is -0.124. The van der Waals surface area contributed by atoms with Crippen LogP contribution in [0.4, 0.5) is 0 Å². The summed E-state index contributed by atoms with van der Waals surface area (Å²) in [6.45, 7) is 15.0. The highest BCUT2D eigenvalue weighted by molar-refractivity contribution is 5.84. The Morgan fingerprint density at radius 1 is 1.00 bits per heavy atom. The largest absolute Gasteiger partial charge is 0.354 e. The predicted molar refractivity (Wildman–Crippen MR) is 143 cm³/mol. The van der Waals surface area contributed by atoms with Crippen LogP contribution in [0.25, 0.3) is 16.6 Å². The van der Waals surface area contributed by atoms with Crippen molar-refractivity contribution in [2.24, 2.45) is 0 Å². The Bertz CT molecular complexity index is 1230. The van der Waals surface area contributed by atoms with Crippen molar-refractivity contribution >= 4 is 16.8 Å². The molecule has 4 rings (SSSR count). The molecular formula is C27H39N7O2. The summed E-state index contributed by atoms with van der Waals surface area (Å²) in [6.07, 6.45) is 2.57. The highest BCUT2D eigenvalue weighted by Crippen LogP contribution is 2.21. The van der Waals surface area contributed by atoms with Gasteiger partial charge in [-0.25, -0.2) is 9.36 Å². The molecule has 2 aromatic heterocycles. The summed E-state index contributed by atoms with van der Waals surface area (Å²) in [4.78, 5) is 31.6. The minimum atomic E-state index is -0.655. The maximum absolute atomic E-state index is 13.5. The summed E-state index contributed by atoms with van der Waals surface area (Å²) in [5.74, 6) is -0.160. The molecule has 1 aliphatic heterocycles. The molecule has 1 amide bonds. The molecule has 1 aromatic carbocycles. The van der Waals surface area contributed by atoms with Crippen LogP contribution in [0.2, 0.25) is 0 Å². The summed E-state index contributed by atoms with van der Waals surface area (Å²) >= 11 is 0. The highest BCUT2D eigenvalue weighted by Gasteiger charge is 2.25. The van der Waals surface area contributed by atoms with Crippen LogP contribution in [0.5, 0.6) is 0 Å². The molecule has 1 N–H and O–H groups in total. The Balaban J connectivity index is 1.43. The fourth-order valence-corrected chi connectivity index (χ4v) is 5.07. The van der Waals surface area contributed by atoms with Gasteiger partial charge < -0.3 is 15.1 Å². The second-order valence-corrected chi connectivity index (χ2v) is 9.64. The van der Waals surface area contributed by atoms with Gasteiger partial charge in [-0.1, -0.05) is 32.0 Å². The zero-order valence-electron chi connectivity index (χ0n) is 22.0. The van der Waals surface area contributed by atoms with Crippen LogP contribution < -0.4 is 10.9 Å². The Kier molecular flexibility index (Phi) is 8.53. The van der Waals surface area contributed by atoms with Gasteiger partial charge in [0, 0.05) is 32.7 Å². The fourth-order valence-electron chi connectivity index (χ4n) is 5.07. The van der Waals surface area contributed by atoms with Gasteiger partial charge in [0.2, 0.25) is 5.91 Å². The molecule has 0 aliphatic carbocycles. The zero-order valence-corrected chi connectivity index (χ0v) is 22.0. The minimum absolute atomic E-state index is 0.160. The van der Waals surface area contributed by atoms with Crippen LogP contribution in [-0.2, 0) is 4.79 Å². The van der Waals surface area contributed by atoms with Crippen LogP contribution in [0.3, 0.4) is 0 Å². The van der Waals surface area contributed by atoms with E-state index in [2.05, 4.69) is 32.2 Å². The molecule has 3 aromatic rings. The van der Waals surface area contributed by atoms with Gasteiger partial charge in [-0.05, 0) is 58.3 Å². The first-order chi connectivity index (χ1) is 17.4. The number of aryl methyl sites for hydroxylation is 2. The number of para-hydroxylation sites is 1. The molecule has 1 saturated heterocycles. The standard InChI is InChI=1S/C27H39N7O2/c1-5-14-31-16-18-32(19-17-31)15-10-13-28-26(35)23(6-2)34-27(36)24-21(4)33(22-11-8-7-9-12-22)30-25(24)20(3)29-34/h7-9,11-12,23H,5-6,10,13-19H2,1-4H3,(H,28,35)/t23-/m0/s1. The summed E-state index contributed by atoms with van der Waals surface area (Å²) in [5, 5.41) is 12.7. The molecule has 36 heavy (non-hydrogen) atoms. The van der Waals surface area contributed by atoms with Gasteiger partial charge in [0.1, 0.15) is 11.6 Å². The number of hydrogen-bond acceptors (Lipinski definition) is 6. The van der Waals surface area contributed by atoms with Crippen LogP contribution in [0, 0.1) is 13.8 Å². The molecule has 1 aliphatic rings. The van der Waals surface area contributed by atoms with Crippen molar-refractivity contribution in [2.45, 2.75) is 53.0 Å². The smallest absolute Gasteiger partial charge is 0.278 e. The first-order valence-electron chi connectivity index (χ1n) is 13.2. The number of nitrogens with one attached hydrogen (secondary N) is 1. The fraction of sp³-hybridized carbons (Fsp3) is 0.556. The SMILES string of the molecule is CCCN1CCN(CCCNC(=O)[C@H](CC)n2nc(C)c3nn(-c4ccccc4)c(C)c3c2=O)CC1. The van der Waals surface area contributed by atoms with Crippen LogP contribution >= 0.6 is 0 Å². The second-order valence-electron chi connectivity index (χ2n) is 9.64. The van der Waals surface area contributed by atoms with Crippen molar-refractivity contribution in [3.8, 4) is 5.69 Å². The van der Waals surface area contributed by atoms with E-state index in [0.717, 1.165) is 50.5 Å². The molecule has 1 fully saturated rings. The summed E-state index contributed by atoms with van der Waals surface area (Å²) in [7, 11) is 0. The Hall–Kier alpha value is -3.04. The molecule has 194 valence electrons. The van der Waals surface area contributed by atoms with Crippen molar-refractivity contribution in [3.63, 3.8) is 0 Å². The monoisotopic (exact) mass is 493 g/mol. The number of amides is 1. The molecule has 0 saturated carbocycles. The van der Waals surface area contributed by atoms with E-state index < -0.39 is 6.04 Å². The summed E-state index contributed by atoms with van der Waals surface area (Å²) in [6, 6.07) is 9.07. The van der Waals surface area contributed by atoms with Gasteiger partial charge >= 0.3 is 0 Å². The molecular weight excluding hydrogens is 454 g/mol. The lowest BCUT2D eigenvalue weighted by atomic mass is 10.2. The van der Waals surface area contributed by atoms with Crippen LogP contribution in [-0.4, -0.2) is 81.1 Å². The van der Waals surface area contributed by atoms with E-state index >= 15 is 0 Å². The van der Waals surface area contributed by atoms with Gasteiger partial charge in [0.05, 0.1) is 22.5 Å². The number of benzene rings is 1. The predicted octanol–water partition coefficient (Wildman–Crippen LogP) is 2.68. The molecule has 0 bridgehead atoms. The van der Waals surface area contributed by atoms with Crippen LogP contribution in [0.1, 0.15) is 50.5 Å². The third-order valence-electron chi connectivity index (χ3n) is 7.08. The second kappa shape index (κ2) is 11.8. The van der Waals surface area contributed by atoms with E-state index in [9.17, 15) is 9.59 Å². The van der Waals surface area contributed by atoms with Crippen molar-refractivity contribution < 1.29 is 4.79 Å². The Labute approximate surface area is 213 Å². The van der Waals surface area contributed by atoms with Crippen LogP contribution in [0.15, 0.2) is 35.1 Å². The topological polar surface area (TPSA) is 88.3 Å². The van der Waals surface area contributed by atoms with Gasteiger partial charge in [0.25, 0.3) is 5.56 Å². The third-order valence-corrected chi connectivity index (χ3v) is 7.08. The van der Waals surface area contributed by atoms with Crippen molar-refractivity contribution in [1.82, 2.24) is 34.7 Å². The van der Waals surface area contributed by atoms with E-state index in [1.807, 2.05) is 51.1 Å². The molecule has 0 spiro atoms. The lowest BCUT2D eigenvalue weighted by Gasteiger charge is -2.34. The van der Waals surface area contributed by atoms with Gasteiger partial charge in [-0.15, -0.1) is 0 Å². The van der Waals surface area contributed by atoms with Gasteiger partial charge in [-0.3, -0.25) is 9.59 Å². The van der Waals surface area contributed by atoms with Crippen molar-refractivity contribution in [3.05, 3.63) is 52.1 Å². The van der Waals surface area contributed by atoms with E-state index in [4.69, 9.17) is 0 Å². The number of piperazine rings is 1. The molecule has 9 heteroatoms. The molecule has 9 nitrogen and oxygen atoms in total. The van der Waals surface area contributed by atoms with E-state index in [-0.39, 0.29) is 11.5 Å².